The summed E-state index contributed by atoms with van der Waals surface area (Å²) in [7, 11) is 0. The molecule has 0 spiro atoms. The van der Waals surface area contributed by atoms with Crippen LogP contribution in [0.25, 0.3) is 0 Å². The molecule has 0 aliphatic carbocycles. The lowest BCUT2D eigenvalue weighted by Crippen LogP contribution is -2.04. The first-order valence-corrected chi connectivity index (χ1v) is 7.35. The van der Waals surface area contributed by atoms with Gasteiger partial charge in [-0.3, -0.25) is 9.97 Å². The second-order valence-electron chi connectivity index (χ2n) is 6.06. The Bertz CT molecular complexity index is 570. The molecule has 0 bridgehead atoms. The molecule has 2 rings (SSSR count). The van der Waals surface area contributed by atoms with E-state index in [4.69, 9.17) is 0 Å². The first-order chi connectivity index (χ1) is 9.45. The Morgan fingerprint density at radius 3 is 2.35 bits per heavy atom. The van der Waals surface area contributed by atoms with E-state index < -0.39 is 0 Å². The van der Waals surface area contributed by atoms with Gasteiger partial charge in [0.15, 0.2) is 0 Å². The van der Waals surface area contributed by atoms with Crippen LogP contribution >= 0.6 is 0 Å². The van der Waals surface area contributed by atoms with E-state index in [-0.39, 0.29) is 0 Å². The number of hydrogen-bond donors (Lipinski definition) is 0. The average molecular weight is 268 g/mol. The van der Waals surface area contributed by atoms with Crippen LogP contribution in [0, 0.1) is 13.8 Å². The molecule has 20 heavy (non-hydrogen) atoms. The second-order valence-corrected chi connectivity index (χ2v) is 6.06. The van der Waals surface area contributed by atoms with Crippen molar-refractivity contribution in [3.63, 3.8) is 0 Å². The molecule has 0 aromatic carbocycles. The van der Waals surface area contributed by atoms with Gasteiger partial charge in [0.25, 0.3) is 0 Å². The lowest BCUT2D eigenvalue weighted by Gasteiger charge is -2.14. The third-order valence-electron chi connectivity index (χ3n) is 3.61. The Kier molecular flexibility index (Phi) is 4.53. The summed E-state index contributed by atoms with van der Waals surface area (Å²) in [5.41, 5.74) is 6.02. The molecule has 0 radical (unpaired) electrons. The fourth-order valence-electron chi connectivity index (χ4n) is 2.41. The zero-order valence-electron chi connectivity index (χ0n) is 13.1. The molecule has 0 N–H and O–H groups in total. The number of nitrogens with zero attached hydrogens (tertiary/aromatic N) is 2. The minimum absolute atomic E-state index is 0.428. The van der Waals surface area contributed by atoms with Crippen LogP contribution in [0.2, 0.25) is 0 Å². The maximum Gasteiger partial charge on any atom is 0.0435 e. The SMILES string of the molecule is Cc1ccc(C(C)Cc2cc(C)nc(C(C)C)c2)nc1. The van der Waals surface area contributed by atoms with Gasteiger partial charge in [-0.1, -0.05) is 26.8 Å². The lowest BCUT2D eigenvalue weighted by molar-refractivity contribution is 0.722. The zero-order valence-corrected chi connectivity index (χ0v) is 13.1. The van der Waals surface area contributed by atoms with Gasteiger partial charge >= 0.3 is 0 Å². The van der Waals surface area contributed by atoms with E-state index in [0.717, 1.165) is 17.8 Å². The van der Waals surface area contributed by atoms with Crippen molar-refractivity contribution in [2.24, 2.45) is 0 Å². The minimum Gasteiger partial charge on any atom is -0.261 e. The van der Waals surface area contributed by atoms with Gasteiger partial charge in [-0.25, -0.2) is 0 Å². The first kappa shape index (κ1) is 14.7. The summed E-state index contributed by atoms with van der Waals surface area (Å²) in [6.07, 6.45) is 2.96. The molecule has 1 atom stereocenters. The Morgan fingerprint density at radius 2 is 1.75 bits per heavy atom. The summed E-state index contributed by atoms with van der Waals surface area (Å²) in [5, 5.41) is 0. The number of pyridine rings is 2. The minimum atomic E-state index is 0.428. The maximum absolute atomic E-state index is 4.61. The molecule has 0 saturated carbocycles. The van der Waals surface area contributed by atoms with Gasteiger partial charge in [-0.15, -0.1) is 0 Å². The summed E-state index contributed by atoms with van der Waals surface area (Å²) in [6.45, 7) is 10.8. The Hall–Kier alpha value is -1.70. The fourth-order valence-corrected chi connectivity index (χ4v) is 2.41. The normalized spacial score (nSPS) is 12.7. The van der Waals surface area contributed by atoms with E-state index in [1.807, 2.05) is 6.20 Å². The van der Waals surface area contributed by atoms with Crippen LogP contribution < -0.4 is 0 Å². The van der Waals surface area contributed by atoms with Gasteiger partial charge in [0.1, 0.15) is 0 Å². The smallest absolute Gasteiger partial charge is 0.0435 e. The van der Waals surface area contributed by atoms with Crippen LogP contribution in [0.15, 0.2) is 30.5 Å². The van der Waals surface area contributed by atoms with Crippen LogP contribution in [0.5, 0.6) is 0 Å². The number of rotatable bonds is 4. The second kappa shape index (κ2) is 6.17. The highest BCUT2D eigenvalue weighted by Gasteiger charge is 2.10. The van der Waals surface area contributed by atoms with Crippen molar-refractivity contribution in [1.82, 2.24) is 9.97 Å². The fraction of sp³-hybridized carbons (Fsp3) is 0.444. The van der Waals surface area contributed by atoms with Crippen molar-refractivity contribution in [3.05, 3.63) is 58.7 Å². The number of hydrogen-bond acceptors (Lipinski definition) is 2. The predicted octanol–water partition coefficient (Wildman–Crippen LogP) is 4.56. The maximum atomic E-state index is 4.61. The van der Waals surface area contributed by atoms with Crippen molar-refractivity contribution in [2.75, 3.05) is 0 Å². The molecular weight excluding hydrogens is 244 g/mol. The molecule has 0 aliphatic rings. The third kappa shape index (κ3) is 3.66. The van der Waals surface area contributed by atoms with Gasteiger partial charge in [0, 0.05) is 29.2 Å². The molecule has 2 aromatic heterocycles. The van der Waals surface area contributed by atoms with Crippen LogP contribution in [-0.4, -0.2) is 9.97 Å². The van der Waals surface area contributed by atoms with E-state index in [9.17, 15) is 0 Å². The molecule has 2 aromatic rings. The van der Waals surface area contributed by atoms with E-state index in [2.05, 4.69) is 68.9 Å². The number of aromatic nitrogens is 2. The Morgan fingerprint density at radius 1 is 1.00 bits per heavy atom. The van der Waals surface area contributed by atoms with Gasteiger partial charge in [0.2, 0.25) is 0 Å². The van der Waals surface area contributed by atoms with E-state index in [1.165, 1.54) is 16.8 Å². The molecule has 2 heteroatoms. The summed E-state index contributed by atoms with van der Waals surface area (Å²) in [5.74, 6) is 0.902. The molecule has 106 valence electrons. The predicted molar refractivity (Wildman–Crippen MR) is 84.2 cm³/mol. The largest absolute Gasteiger partial charge is 0.261 e. The van der Waals surface area contributed by atoms with Crippen LogP contribution in [0.4, 0.5) is 0 Å². The Labute approximate surface area is 122 Å². The summed E-state index contributed by atoms with van der Waals surface area (Å²) in [6, 6.07) is 8.70. The molecule has 0 aliphatic heterocycles. The molecule has 0 saturated heterocycles. The van der Waals surface area contributed by atoms with Crippen molar-refractivity contribution in [3.8, 4) is 0 Å². The highest BCUT2D eigenvalue weighted by atomic mass is 14.7. The van der Waals surface area contributed by atoms with Gasteiger partial charge in [-0.05, 0) is 55.5 Å². The van der Waals surface area contributed by atoms with Crippen molar-refractivity contribution >= 4 is 0 Å². The van der Waals surface area contributed by atoms with Gasteiger partial charge in [-0.2, -0.15) is 0 Å². The first-order valence-electron chi connectivity index (χ1n) is 7.35. The molecule has 0 fully saturated rings. The van der Waals surface area contributed by atoms with Crippen LogP contribution in [0.1, 0.15) is 60.8 Å². The topological polar surface area (TPSA) is 25.8 Å². The van der Waals surface area contributed by atoms with E-state index in [1.54, 1.807) is 0 Å². The molecule has 1 unspecified atom stereocenters. The quantitative estimate of drug-likeness (QED) is 0.812. The standard InChI is InChI=1S/C18H24N2/c1-12(2)18-10-16(9-15(5)20-18)8-14(4)17-7-6-13(3)11-19-17/h6-7,9-12,14H,8H2,1-5H3. The third-order valence-corrected chi connectivity index (χ3v) is 3.61. The molecular formula is C18H24N2. The molecule has 2 nitrogen and oxygen atoms in total. The van der Waals surface area contributed by atoms with Crippen LogP contribution in [0.3, 0.4) is 0 Å². The monoisotopic (exact) mass is 268 g/mol. The summed E-state index contributed by atoms with van der Waals surface area (Å²) < 4.78 is 0. The highest BCUT2D eigenvalue weighted by molar-refractivity contribution is 5.25. The van der Waals surface area contributed by atoms with Gasteiger partial charge < -0.3 is 0 Å². The zero-order chi connectivity index (χ0) is 14.7. The average Bonchev–Trinajstić information content (AvgIpc) is 2.38. The molecule has 2 heterocycles. The van der Waals surface area contributed by atoms with E-state index in [0.29, 0.717) is 11.8 Å². The lowest BCUT2D eigenvalue weighted by atomic mass is 9.95. The number of aryl methyl sites for hydroxylation is 2. The van der Waals surface area contributed by atoms with Crippen molar-refractivity contribution in [2.45, 2.75) is 52.9 Å². The van der Waals surface area contributed by atoms with Gasteiger partial charge in [0.05, 0.1) is 0 Å². The molecule has 0 amide bonds. The van der Waals surface area contributed by atoms with Crippen molar-refractivity contribution in [1.29, 1.82) is 0 Å². The summed E-state index contributed by atoms with van der Waals surface area (Å²) >= 11 is 0. The summed E-state index contributed by atoms with van der Waals surface area (Å²) in [4.78, 5) is 9.15. The Balaban J connectivity index is 2.18. The van der Waals surface area contributed by atoms with Crippen molar-refractivity contribution < 1.29 is 0 Å². The van der Waals surface area contributed by atoms with E-state index >= 15 is 0 Å². The highest BCUT2D eigenvalue weighted by Crippen LogP contribution is 2.21. The van der Waals surface area contributed by atoms with Crippen LogP contribution in [-0.2, 0) is 6.42 Å².